The zero-order valence-corrected chi connectivity index (χ0v) is 24.9. The van der Waals surface area contributed by atoms with Crippen molar-refractivity contribution in [3.63, 3.8) is 0 Å². The highest BCUT2D eigenvalue weighted by atomic mass is 16.6. The number of imidazole rings is 1. The van der Waals surface area contributed by atoms with Gasteiger partial charge >= 0.3 is 12.1 Å². The molecule has 1 aromatic carbocycles. The van der Waals surface area contributed by atoms with E-state index in [0.717, 1.165) is 0 Å². The molecule has 0 bridgehead atoms. The Kier molecular flexibility index (Phi) is 10.1. The number of carbonyl (C=O) groups excluding carboxylic acids is 4. The molecule has 1 fully saturated rings. The molecule has 1 aliphatic rings. The molecule has 1 N–H and O–H groups in total. The Morgan fingerprint density at radius 3 is 2.33 bits per heavy atom. The number of carbonyl (C=O) groups is 4. The van der Waals surface area contributed by atoms with Crippen LogP contribution in [0.2, 0.25) is 0 Å². The number of hydrogen-bond donors (Lipinski definition) is 1. The second kappa shape index (κ2) is 13.9. The summed E-state index contributed by atoms with van der Waals surface area (Å²) in [5.74, 6) is -0.712. The zero-order chi connectivity index (χ0) is 31.0. The molecule has 13 heteroatoms. The Hall–Kier alpha value is -4.81. The van der Waals surface area contributed by atoms with Gasteiger partial charge in [-0.1, -0.05) is 30.3 Å². The normalized spacial score (nSPS) is 14.1. The van der Waals surface area contributed by atoms with E-state index < -0.39 is 29.6 Å². The van der Waals surface area contributed by atoms with Crippen LogP contribution in [0.15, 0.2) is 55.1 Å². The van der Waals surface area contributed by atoms with E-state index in [2.05, 4.69) is 20.3 Å². The molecule has 43 heavy (non-hydrogen) atoms. The van der Waals surface area contributed by atoms with Crippen LogP contribution in [0, 0.1) is 0 Å². The molecule has 2 aromatic heterocycles. The summed E-state index contributed by atoms with van der Waals surface area (Å²) < 4.78 is 12.1. The van der Waals surface area contributed by atoms with Gasteiger partial charge in [0, 0.05) is 56.6 Å². The van der Waals surface area contributed by atoms with Crippen LogP contribution < -0.4 is 5.32 Å². The first-order valence-corrected chi connectivity index (χ1v) is 14.2. The summed E-state index contributed by atoms with van der Waals surface area (Å²) in [6.07, 6.45) is 4.34. The van der Waals surface area contributed by atoms with Crippen molar-refractivity contribution in [1.29, 1.82) is 0 Å². The second-order valence-corrected chi connectivity index (χ2v) is 10.9. The molecule has 0 aliphatic carbocycles. The van der Waals surface area contributed by atoms with Crippen LogP contribution in [0.1, 0.15) is 51.0 Å². The topological polar surface area (TPSA) is 149 Å². The molecule has 1 unspecified atom stereocenters. The zero-order valence-electron chi connectivity index (χ0n) is 24.9. The van der Waals surface area contributed by atoms with Crippen LogP contribution in [-0.4, -0.2) is 97.6 Å². The predicted molar refractivity (Wildman–Crippen MR) is 156 cm³/mol. The lowest BCUT2D eigenvalue weighted by atomic mass is 10.1. The summed E-state index contributed by atoms with van der Waals surface area (Å²) in [6.45, 7) is 8.36. The summed E-state index contributed by atoms with van der Waals surface area (Å²) in [5.41, 5.74) is 0.0530. The van der Waals surface area contributed by atoms with Gasteiger partial charge in [0.05, 0.1) is 6.61 Å². The number of ether oxygens (including phenoxy) is 2. The van der Waals surface area contributed by atoms with Crippen LogP contribution in [0.4, 0.5) is 4.79 Å². The van der Waals surface area contributed by atoms with E-state index in [0.29, 0.717) is 17.2 Å². The molecule has 228 valence electrons. The summed E-state index contributed by atoms with van der Waals surface area (Å²) in [7, 11) is 0. The fourth-order valence-corrected chi connectivity index (χ4v) is 4.48. The molecule has 13 nitrogen and oxygen atoms in total. The Bertz CT molecular complexity index is 1410. The van der Waals surface area contributed by atoms with Crippen LogP contribution in [0.3, 0.4) is 0 Å². The fraction of sp³-hybridized carbons (Fsp3) is 0.433. The van der Waals surface area contributed by atoms with Crippen molar-refractivity contribution in [2.24, 2.45) is 0 Å². The van der Waals surface area contributed by atoms with Crippen molar-refractivity contribution in [1.82, 2.24) is 34.6 Å². The lowest BCUT2D eigenvalue weighted by Crippen LogP contribution is -2.56. The van der Waals surface area contributed by atoms with Crippen LogP contribution in [0.25, 0.3) is 17.2 Å². The average Bonchev–Trinajstić information content (AvgIpc) is 3.54. The molecular formula is C30H37N7O6. The maximum absolute atomic E-state index is 13.7. The molecule has 1 aliphatic heterocycles. The fourth-order valence-electron chi connectivity index (χ4n) is 4.48. The number of hydrogen-bond acceptors (Lipinski definition) is 9. The number of aromatic nitrogens is 4. The number of rotatable bonds is 9. The summed E-state index contributed by atoms with van der Waals surface area (Å²) in [5, 5.41) is 2.80. The van der Waals surface area contributed by atoms with Gasteiger partial charge in [-0.3, -0.25) is 19.0 Å². The summed E-state index contributed by atoms with van der Waals surface area (Å²) in [6, 6.07) is 9.68. The van der Waals surface area contributed by atoms with Gasteiger partial charge < -0.3 is 24.6 Å². The minimum Gasteiger partial charge on any atom is -0.460 e. The van der Waals surface area contributed by atoms with Crippen molar-refractivity contribution in [2.75, 3.05) is 32.8 Å². The first-order valence-electron chi connectivity index (χ1n) is 14.2. The number of nitrogens with zero attached hydrogens (tertiary/aromatic N) is 6. The van der Waals surface area contributed by atoms with Crippen LogP contribution in [0.5, 0.6) is 0 Å². The number of piperazine rings is 1. The minimum absolute atomic E-state index is 0.0164. The molecule has 1 atom stereocenters. The summed E-state index contributed by atoms with van der Waals surface area (Å²) >= 11 is 0. The molecule has 3 heterocycles. The Morgan fingerprint density at radius 1 is 1.00 bits per heavy atom. The lowest BCUT2D eigenvalue weighted by Gasteiger charge is -2.36. The van der Waals surface area contributed by atoms with Gasteiger partial charge in [-0.25, -0.2) is 19.7 Å². The van der Waals surface area contributed by atoms with Gasteiger partial charge in [0.25, 0.3) is 5.91 Å². The highest BCUT2D eigenvalue weighted by Gasteiger charge is 2.32. The first-order chi connectivity index (χ1) is 20.5. The largest absolute Gasteiger partial charge is 0.460 e. The molecule has 3 amide bonds. The number of esters is 1. The van der Waals surface area contributed by atoms with Gasteiger partial charge in [0.1, 0.15) is 29.5 Å². The second-order valence-electron chi connectivity index (χ2n) is 10.9. The van der Waals surface area contributed by atoms with E-state index in [4.69, 9.17) is 9.47 Å². The highest BCUT2D eigenvalue weighted by Crippen LogP contribution is 2.19. The maximum atomic E-state index is 13.7. The summed E-state index contributed by atoms with van der Waals surface area (Å²) in [4.78, 5) is 68.3. The maximum Gasteiger partial charge on any atom is 0.409 e. The monoisotopic (exact) mass is 591 g/mol. The number of amides is 3. The van der Waals surface area contributed by atoms with E-state index in [1.54, 1.807) is 55.9 Å². The van der Waals surface area contributed by atoms with E-state index >= 15 is 0 Å². The Balaban J connectivity index is 1.56. The third kappa shape index (κ3) is 8.60. The van der Waals surface area contributed by atoms with E-state index in [1.165, 1.54) is 11.0 Å². The van der Waals surface area contributed by atoms with Crippen molar-refractivity contribution in [3.05, 3.63) is 60.8 Å². The highest BCUT2D eigenvalue weighted by molar-refractivity contribution is 5.97. The smallest absolute Gasteiger partial charge is 0.409 e. The Morgan fingerprint density at radius 2 is 1.70 bits per heavy atom. The van der Waals surface area contributed by atoms with Crippen LogP contribution in [-0.2, 0) is 19.1 Å². The first kappa shape index (κ1) is 31.1. The van der Waals surface area contributed by atoms with E-state index in [1.807, 2.05) is 30.3 Å². The van der Waals surface area contributed by atoms with Crippen molar-refractivity contribution in [3.8, 4) is 17.2 Å². The van der Waals surface area contributed by atoms with Gasteiger partial charge in [-0.2, -0.15) is 0 Å². The predicted octanol–water partition coefficient (Wildman–Crippen LogP) is 2.85. The standard InChI is InChI=1S/C30H37N7O6/c1-5-42-29(41)36-17-15-35(16-18-36)28(40)22(11-12-25(38)43-30(2,3)4)33-27(39)23-19-24(37-14-13-31-20-37)34-26(32-23)21-9-7-6-8-10-21/h6-10,13-14,19-20,22H,5,11-12,15-18H2,1-4H3,(H,33,39). The van der Waals surface area contributed by atoms with Gasteiger partial charge in [-0.05, 0) is 34.1 Å². The third-order valence-corrected chi connectivity index (χ3v) is 6.52. The van der Waals surface area contributed by atoms with E-state index in [-0.39, 0.29) is 57.2 Å². The molecular weight excluding hydrogens is 554 g/mol. The molecule has 0 spiro atoms. The average molecular weight is 592 g/mol. The van der Waals surface area contributed by atoms with Gasteiger partial charge in [0.2, 0.25) is 5.91 Å². The van der Waals surface area contributed by atoms with Gasteiger partial charge in [-0.15, -0.1) is 0 Å². The van der Waals surface area contributed by atoms with Gasteiger partial charge in [0.15, 0.2) is 5.82 Å². The quantitative estimate of drug-likeness (QED) is 0.371. The van der Waals surface area contributed by atoms with E-state index in [9.17, 15) is 19.2 Å². The van der Waals surface area contributed by atoms with Crippen molar-refractivity contribution in [2.45, 2.75) is 52.2 Å². The van der Waals surface area contributed by atoms with Crippen molar-refractivity contribution < 1.29 is 28.7 Å². The molecule has 4 rings (SSSR count). The minimum atomic E-state index is -1.04. The molecule has 0 radical (unpaired) electrons. The third-order valence-electron chi connectivity index (χ3n) is 6.52. The van der Waals surface area contributed by atoms with Crippen molar-refractivity contribution >= 4 is 23.9 Å². The molecule has 0 saturated carbocycles. The molecule has 3 aromatic rings. The number of benzene rings is 1. The SMILES string of the molecule is CCOC(=O)N1CCN(C(=O)C(CCC(=O)OC(C)(C)C)NC(=O)c2cc(-n3ccnc3)nc(-c3ccccc3)n2)CC1. The lowest BCUT2D eigenvalue weighted by molar-refractivity contribution is -0.155. The Labute approximate surface area is 250 Å². The number of nitrogens with one attached hydrogen (secondary N) is 1. The van der Waals surface area contributed by atoms with Crippen LogP contribution >= 0.6 is 0 Å². The molecule has 1 saturated heterocycles.